The fourth-order valence-corrected chi connectivity index (χ4v) is 2.71. The molecule has 0 bridgehead atoms. The van der Waals surface area contributed by atoms with Crippen LogP contribution in [0.15, 0.2) is 15.9 Å². The van der Waals surface area contributed by atoms with Gasteiger partial charge in [0.15, 0.2) is 0 Å². The minimum atomic E-state index is -0.176. The summed E-state index contributed by atoms with van der Waals surface area (Å²) in [5.41, 5.74) is 0. The zero-order chi connectivity index (χ0) is 8.97. The molecule has 0 aliphatic heterocycles. The molecule has 0 fully saturated rings. The van der Waals surface area contributed by atoms with Crippen LogP contribution in [0.1, 0.15) is 24.6 Å². The van der Waals surface area contributed by atoms with Crippen LogP contribution < -0.4 is 0 Å². The quantitative estimate of drug-likeness (QED) is 0.868. The van der Waals surface area contributed by atoms with Crippen LogP contribution in [0.5, 0.6) is 0 Å². The first-order valence-corrected chi connectivity index (χ1v) is 5.81. The highest BCUT2D eigenvalue weighted by Crippen LogP contribution is 2.24. The smallest absolute Gasteiger partial charge is 0.0588 e. The monoisotopic (exact) mass is 248 g/mol. The summed E-state index contributed by atoms with van der Waals surface area (Å²) in [5.74, 6) is 0. The summed E-state index contributed by atoms with van der Waals surface area (Å²) in [6.45, 7) is 2.09. The number of hydrogen-bond donors (Lipinski definition) is 1. The lowest BCUT2D eigenvalue weighted by Crippen LogP contribution is -2.08. The average molecular weight is 249 g/mol. The predicted molar refractivity (Wildman–Crippen MR) is 56.6 cm³/mol. The third kappa shape index (κ3) is 2.88. The Kier molecular flexibility index (Phi) is 4.26. The first kappa shape index (κ1) is 10.2. The van der Waals surface area contributed by atoms with E-state index in [1.54, 1.807) is 11.3 Å². The number of halogens is 1. The zero-order valence-corrected chi connectivity index (χ0v) is 9.49. The number of thiophene rings is 1. The lowest BCUT2D eigenvalue weighted by atomic mass is 10.1. The molecule has 1 heterocycles. The van der Waals surface area contributed by atoms with Crippen molar-refractivity contribution in [2.75, 3.05) is 0 Å². The molecule has 0 amide bonds. The molecular weight excluding hydrogens is 236 g/mol. The largest absolute Gasteiger partial charge is 0.393 e. The minimum Gasteiger partial charge on any atom is -0.393 e. The van der Waals surface area contributed by atoms with E-state index in [-0.39, 0.29) is 6.10 Å². The van der Waals surface area contributed by atoms with Crippen LogP contribution in [0.2, 0.25) is 0 Å². The zero-order valence-electron chi connectivity index (χ0n) is 7.09. The topological polar surface area (TPSA) is 20.2 Å². The van der Waals surface area contributed by atoms with E-state index >= 15 is 0 Å². The molecule has 1 nitrogen and oxygen atoms in total. The summed E-state index contributed by atoms with van der Waals surface area (Å²) < 4.78 is 1.13. The third-order valence-corrected chi connectivity index (χ3v) is 3.68. The second-order valence-electron chi connectivity index (χ2n) is 2.84. The molecular formula is C9H13BrOS. The van der Waals surface area contributed by atoms with Gasteiger partial charge in [-0.1, -0.05) is 13.3 Å². The van der Waals surface area contributed by atoms with Gasteiger partial charge < -0.3 is 5.11 Å². The standard InChI is InChI=1S/C9H13BrOS/c1-2-3-7(11)6-9-8(10)4-5-12-9/h4-5,7,11H,2-3,6H2,1H3. The molecule has 0 saturated carbocycles. The van der Waals surface area contributed by atoms with Gasteiger partial charge in [0.25, 0.3) is 0 Å². The number of hydrogen-bond acceptors (Lipinski definition) is 2. The molecule has 1 aromatic rings. The van der Waals surface area contributed by atoms with Gasteiger partial charge in [-0.3, -0.25) is 0 Å². The van der Waals surface area contributed by atoms with Crippen molar-refractivity contribution in [3.05, 3.63) is 20.8 Å². The fourth-order valence-electron chi connectivity index (χ4n) is 1.12. The maximum atomic E-state index is 9.53. The number of aliphatic hydroxyl groups excluding tert-OH is 1. The Morgan fingerprint density at radius 1 is 1.67 bits per heavy atom. The van der Waals surface area contributed by atoms with Gasteiger partial charge in [0.1, 0.15) is 0 Å². The fraction of sp³-hybridized carbons (Fsp3) is 0.556. The highest BCUT2D eigenvalue weighted by atomic mass is 79.9. The van der Waals surface area contributed by atoms with Crippen molar-refractivity contribution < 1.29 is 5.11 Å². The van der Waals surface area contributed by atoms with E-state index in [2.05, 4.69) is 22.9 Å². The van der Waals surface area contributed by atoms with Crippen LogP contribution >= 0.6 is 27.3 Å². The van der Waals surface area contributed by atoms with Crippen LogP contribution in [0.4, 0.5) is 0 Å². The van der Waals surface area contributed by atoms with Crippen molar-refractivity contribution in [1.82, 2.24) is 0 Å². The lowest BCUT2D eigenvalue weighted by molar-refractivity contribution is 0.164. The first-order chi connectivity index (χ1) is 5.74. The van der Waals surface area contributed by atoms with E-state index in [0.717, 1.165) is 23.7 Å². The van der Waals surface area contributed by atoms with Crippen molar-refractivity contribution >= 4 is 27.3 Å². The summed E-state index contributed by atoms with van der Waals surface area (Å²) in [5, 5.41) is 11.6. The van der Waals surface area contributed by atoms with Crippen LogP contribution in [0.3, 0.4) is 0 Å². The molecule has 1 atom stereocenters. The molecule has 1 unspecified atom stereocenters. The molecule has 1 rings (SSSR count). The molecule has 12 heavy (non-hydrogen) atoms. The summed E-state index contributed by atoms with van der Waals surface area (Å²) >= 11 is 5.14. The first-order valence-electron chi connectivity index (χ1n) is 4.14. The van der Waals surface area contributed by atoms with E-state index in [4.69, 9.17) is 0 Å². The van der Waals surface area contributed by atoms with E-state index in [1.807, 2.05) is 11.4 Å². The van der Waals surface area contributed by atoms with Crippen LogP contribution in [0, 0.1) is 0 Å². The Balaban J connectivity index is 2.46. The van der Waals surface area contributed by atoms with E-state index < -0.39 is 0 Å². The Morgan fingerprint density at radius 2 is 2.42 bits per heavy atom. The highest BCUT2D eigenvalue weighted by molar-refractivity contribution is 9.10. The van der Waals surface area contributed by atoms with Gasteiger partial charge in [0.05, 0.1) is 6.10 Å². The average Bonchev–Trinajstić information content (AvgIpc) is 2.37. The van der Waals surface area contributed by atoms with Crippen LogP contribution in [0.25, 0.3) is 0 Å². The number of rotatable bonds is 4. The van der Waals surface area contributed by atoms with Crippen molar-refractivity contribution in [3.8, 4) is 0 Å². The second-order valence-corrected chi connectivity index (χ2v) is 4.69. The number of aliphatic hydroxyl groups is 1. The van der Waals surface area contributed by atoms with E-state index in [0.29, 0.717) is 0 Å². The molecule has 1 N–H and O–H groups in total. The van der Waals surface area contributed by atoms with Crippen LogP contribution in [-0.2, 0) is 6.42 Å². The maximum absolute atomic E-state index is 9.53. The van der Waals surface area contributed by atoms with Gasteiger partial charge in [-0.05, 0) is 33.8 Å². The van der Waals surface area contributed by atoms with Gasteiger partial charge in [-0.15, -0.1) is 11.3 Å². The SMILES string of the molecule is CCCC(O)Cc1sccc1Br. The molecule has 0 spiro atoms. The molecule has 1 aromatic heterocycles. The van der Waals surface area contributed by atoms with Crippen molar-refractivity contribution in [2.45, 2.75) is 32.3 Å². The molecule has 3 heteroatoms. The highest BCUT2D eigenvalue weighted by Gasteiger charge is 2.07. The Bertz CT molecular complexity index is 234. The van der Waals surface area contributed by atoms with Crippen molar-refractivity contribution in [2.24, 2.45) is 0 Å². The normalized spacial score (nSPS) is 13.2. The van der Waals surface area contributed by atoms with E-state index in [9.17, 15) is 5.11 Å². The summed E-state index contributed by atoms with van der Waals surface area (Å²) in [6, 6.07) is 2.03. The predicted octanol–water partition coefficient (Wildman–Crippen LogP) is 3.21. The van der Waals surface area contributed by atoms with Gasteiger partial charge in [0.2, 0.25) is 0 Å². The Labute approximate surface area is 85.6 Å². The third-order valence-electron chi connectivity index (χ3n) is 1.73. The molecule has 0 radical (unpaired) electrons. The summed E-state index contributed by atoms with van der Waals surface area (Å²) in [7, 11) is 0. The molecule has 0 saturated heterocycles. The van der Waals surface area contributed by atoms with Crippen molar-refractivity contribution in [3.63, 3.8) is 0 Å². The van der Waals surface area contributed by atoms with Crippen LogP contribution in [-0.4, -0.2) is 11.2 Å². The van der Waals surface area contributed by atoms with E-state index in [1.165, 1.54) is 4.88 Å². The molecule has 0 aliphatic rings. The molecule has 0 aromatic carbocycles. The van der Waals surface area contributed by atoms with Gasteiger partial charge >= 0.3 is 0 Å². The van der Waals surface area contributed by atoms with Gasteiger partial charge in [0, 0.05) is 15.8 Å². The van der Waals surface area contributed by atoms with Gasteiger partial charge in [-0.2, -0.15) is 0 Å². The lowest BCUT2D eigenvalue weighted by Gasteiger charge is -2.07. The van der Waals surface area contributed by atoms with Crippen molar-refractivity contribution in [1.29, 1.82) is 0 Å². The maximum Gasteiger partial charge on any atom is 0.0588 e. The Morgan fingerprint density at radius 3 is 2.92 bits per heavy atom. The summed E-state index contributed by atoms with van der Waals surface area (Å²) in [6.07, 6.45) is 2.55. The summed E-state index contributed by atoms with van der Waals surface area (Å²) in [4.78, 5) is 1.25. The molecule has 0 aliphatic carbocycles. The van der Waals surface area contributed by atoms with Gasteiger partial charge in [-0.25, -0.2) is 0 Å². The Hall–Kier alpha value is 0.140. The second kappa shape index (κ2) is 5.00. The molecule has 68 valence electrons. The minimum absolute atomic E-state index is 0.176.